The highest BCUT2D eigenvalue weighted by atomic mass is 19.4. The normalized spacial score (nSPS) is 16.2. The van der Waals surface area contributed by atoms with Crippen LogP contribution in [0.4, 0.5) is 13.2 Å². The zero-order valence-electron chi connectivity index (χ0n) is 14.9. The van der Waals surface area contributed by atoms with Crippen molar-refractivity contribution in [3.63, 3.8) is 0 Å². The number of nitrogens with zero attached hydrogens (tertiary/aromatic N) is 2. The van der Waals surface area contributed by atoms with Gasteiger partial charge in [-0.3, -0.25) is 4.79 Å². The number of amides is 1. The minimum Gasteiger partial charge on any atom is -0.382 e. The van der Waals surface area contributed by atoms with Gasteiger partial charge in [-0.15, -0.1) is 0 Å². The van der Waals surface area contributed by atoms with Crippen molar-refractivity contribution in [3.8, 4) is 0 Å². The summed E-state index contributed by atoms with van der Waals surface area (Å²) in [5.41, 5.74) is -0.897. The van der Waals surface area contributed by atoms with Gasteiger partial charge in [-0.05, 0) is 37.0 Å². The fraction of sp³-hybridized carbons (Fsp3) is 0.474. The quantitative estimate of drug-likeness (QED) is 0.800. The van der Waals surface area contributed by atoms with E-state index >= 15 is 0 Å². The summed E-state index contributed by atoms with van der Waals surface area (Å²) in [6.45, 7) is 6.55. The number of hydrogen-bond donors (Lipinski definition) is 0. The van der Waals surface area contributed by atoms with Gasteiger partial charge in [-0.25, -0.2) is 0 Å². The SMILES string of the molecule is CC(C)(C)c1cc(=NC(=O)c2cccc(C(F)(F)F)c2)n(CC2CC2)o1. The largest absolute Gasteiger partial charge is 0.416 e. The molecular weight excluding hydrogens is 345 g/mol. The number of hydrogen-bond acceptors (Lipinski definition) is 2. The highest BCUT2D eigenvalue weighted by molar-refractivity contribution is 5.95. The van der Waals surface area contributed by atoms with Crippen LogP contribution in [-0.2, 0) is 18.1 Å². The molecule has 7 heteroatoms. The molecule has 0 aliphatic heterocycles. The van der Waals surface area contributed by atoms with Gasteiger partial charge in [0.25, 0.3) is 5.91 Å². The van der Waals surface area contributed by atoms with E-state index < -0.39 is 17.6 Å². The smallest absolute Gasteiger partial charge is 0.382 e. The first-order valence-corrected chi connectivity index (χ1v) is 8.52. The molecule has 0 radical (unpaired) electrons. The van der Waals surface area contributed by atoms with Crippen LogP contribution in [0.3, 0.4) is 0 Å². The molecule has 1 saturated carbocycles. The van der Waals surface area contributed by atoms with Crippen LogP contribution in [0.5, 0.6) is 0 Å². The molecule has 0 N–H and O–H groups in total. The van der Waals surface area contributed by atoms with Gasteiger partial charge in [-0.2, -0.15) is 22.9 Å². The van der Waals surface area contributed by atoms with Crippen LogP contribution in [0.15, 0.2) is 39.8 Å². The fourth-order valence-electron chi connectivity index (χ4n) is 2.49. The van der Waals surface area contributed by atoms with Crippen molar-refractivity contribution in [2.24, 2.45) is 10.9 Å². The number of aromatic nitrogens is 1. The Kier molecular flexibility index (Phi) is 4.58. The molecule has 2 aromatic rings. The van der Waals surface area contributed by atoms with Crippen molar-refractivity contribution < 1.29 is 22.5 Å². The van der Waals surface area contributed by atoms with E-state index in [-0.39, 0.29) is 11.0 Å². The first kappa shape index (κ1) is 18.5. The van der Waals surface area contributed by atoms with Gasteiger partial charge < -0.3 is 4.52 Å². The molecule has 1 aliphatic carbocycles. The summed E-state index contributed by atoms with van der Waals surface area (Å²) in [7, 11) is 0. The Labute approximate surface area is 149 Å². The van der Waals surface area contributed by atoms with Crippen molar-refractivity contribution in [3.05, 3.63) is 52.7 Å². The zero-order valence-corrected chi connectivity index (χ0v) is 14.9. The minimum absolute atomic E-state index is 0.101. The molecule has 1 amide bonds. The third-order valence-electron chi connectivity index (χ3n) is 4.24. The van der Waals surface area contributed by atoms with Crippen molar-refractivity contribution in [1.29, 1.82) is 0 Å². The van der Waals surface area contributed by atoms with Crippen LogP contribution in [-0.4, -0.2) is 10.6 Å². The van der Waals surface area contributed by atoms with Crippen LogP contribution in [0.1, 0.15) is 55.3 Å². The number of rotatable bonds is 3. The van der Waals surface area contributed by atoms with Crippen LogP contribution in [0, 0.1) is 5.92 Å². The molecule has 140 valence electrons. The third-order valence-corrected chi connectivity index (χ3v) is 4.24. The molecule has 26 heavy (non-hydrogen) atoms. The van der Waals surface area contributed by atoms with E-state index in [9.17, 15) is 18.0 Å². The Bertz CT molecular complexity index is 881. The summed E-state index contributed by atoms with van der Waals surface area (Å²) in [5.74, 6) is 0.451. The lowest BCUT2D eigenvalue weighted by molar-refractivity contribution is -0.137. The Balaban J connectivity index is 1.98. The van der Waals surface area contributed by atoms with Gasteiger partial charge in [0.15, 0.2) is 5.49 Å². The van der Waals surface area contributed by atoms with Crippen molar-refractivity contribution in [1.82, 2.24) is 4.74 Å². The van der Waals surface area contributed by atoms with Crippen LogP contribution < -0.4 is 5.49 Å². The summed E-state index contributed by atoms with van der Waals surface area (Å²) >= 11 is 0. The number of alkyl halides is 3. The van der Waals surface area contributed by atoms with Gasteiger partial charge in [0.1, 0.15) is 5.76 Å². The van der Waals surface area contributed by atoms with E-state index in [2.05, 4.69) is 4.99 Å². The Hall–Kier alpha value is -2.31. The number of carbonyl (C=O) groups is 1. The lowest BCUT2D eigenvalue weighted by Gasteiger charge is -2.13. The molecule has 1 aromatic heterocycles. The first-order valence-electron chi connectivity index (χ1n) is 8.52. The highest BCUT2D eigenvalue weighted by Gasteiger charge is 2.31. The average molecular weight is 366 g/mol. The van der Waals surface area contributed by atoms with Crippen molar-refractivity contribution >= 4 is 5.91 Å². The topological polar surface area (TPSA) is 47.5 Å². The first-order chi connectivity index (χ1) is 12.0. The van der Waals surface area contributed by atoms with E-state index in [1.165, 1.54) is 12.1 Å². The number of benzene rings is 1. The van der Waals surface area contributed by atoms with Crippen LogP contribution >= 0.6 is 0 Å². The average Bonchev–Trinajstić information content (AvgIpc) is 3.26. The lowest BCUT2D eigenvalue weighted by Crippen LogP contribution is -2.19. The minimum atomic E-state index is -4.50. The molecule has 1 aliphatic rings. The zero-order chi connectivity index (χ0) is 19.1. The van der Waals surface area contributed by atoms with E-state index in [0.717, 1.165) is 25.0 Å². The monoisotopic (exact) mass is 366 g/mol. The Morgan fingerprint density at radius 3 is 2.50 bits per heavy atom. The summed E-state index contributed by atoms with van der Waals surface area (Å²) in [4.78, 5) is 16.4. The van der Waals surface area contributed by atoms with E-state index in [1.54, 1.807) is 10.8 Å². The van der Waals surface area contributed by atoms with E-state index in [0.29, 0.717) is 23.7 Å². The van der Waals surface area contributed by atoms with Gasteiger partial charge in [0, 0.05) is 17.0 Å². The second-order valence-electron chi connectivity index (χ2n) is 7.71. The molecule has 0 bridgehead atoms. The molecule has 4 nitrogen and oxygen atoms in total. The summed E-state index contributed by atoms with van der Waals surface area (Å²) in [6, 6.07) is 5.98. The molecule has 0 atom stereocenters. The van der Waals surface area contributed by atoms with Crippen molar-refractivity contribution in [2.45, 2.75) is 51.7 Å². The third kappa shape index (κ3) is 4.26. The van der Waals surface area contributed by atoms with Gasteiger partial charge in [0.2, 0.25) is 0 Å². The summed E-state index contributed by atoms with van der Waals surface area (Å²) in [5, 5.41) is 0. The molecular formula is C19H21F3N2O2. The maximum absolute atomic E-state index is 12.8. The molecule has 0 spiro atoms. The second kappa shape index (κ2) is 6.45. The maximum Gasteiger partial charge on any atom is 0.416 e. The molecule has 0 unspecified atom stereocenters. The predicted octanol–water partition coefficient (Wildman–Crippen LogP) is 4.55. The highest BCUT2D eigenvalue weighted by Crippen LogP contribution is 2.31. The predicted molar refractivity (Wildman–Crippen MR) is 89.5 cm³/mol. The fourth-order valence-corrected chi connectivity index (χ4v) is 2.49. The van der Waals surface area contributed by atoms with Gasteiger partial charge in [0.05, 0.1) is 12.1 Å². The maximum atomic E-state index is 12.8. The lowest BCUT2D eigenvalue weighted by atomic mass is 9.94. The van der Waals surface area contributed by atoms with Crippen LogP contribution in [0.2, 0.25) is 0 Å². The summed E-state index contributed by atoms with van der Waals surface area (Å²) < 4.78 is 45.9. The Morgan fingerprint density at radius 1 is 1.23 bits per heavy atom. The van der Waals surface area contributed by atoms with Crippen LogP contribution in [0.25, 0.3) is 0 Å². The summed E-state index contributed by atoms with van der Waals surface area (Å²) in [6.07, 6.45) is -2.31. The van der Waals surface area contributed by atoms with E-state index in [4.69, 9.17) is 4.52 Å². The van der Waals surface area contributed by atoms with Gasteiger partial charge in [-0.1, -0.05) is 26.8 Å². The van der Waals surface area contributed by atoms with Crippen molar-refractivity contribution in [2.75, 3.05) is 0 Å². The molecule has 0 saturated heterocycles. The van der Waals surface area contributed by atoms with Gasteiger partial charge >= 0.3 is 6.18 Å². The Morgan fingerprint density at radius 2 is 1.92 bits per heavy atom. The molecule has 1 fully saturated rings. The molecule has 1 aromatic carbocycles. The molecule has 1 heterocycles. The van der Waals surface area contributed by atoms with E-state index in [1.807, 2.05) is 20.8 Å². The number of carbonyl (C=O) groups excluding carboxylic acids is 1. The standard InChI is InChI=1S/C19H21F3N2O2/c1-18(2,3)15-10-16(24(26-15)11-12-7-8-12)23-17(25)13-5-4-6-14(9-13)19(20,21)22/h4-6,9-10,12H,7-8,11H2,1-3H3. The second-order valence-corrected chi connectivity index (χ2v) is 7.71. The number of halogens is 3. The molecule has 3 rings (SSSR count).